The van der Waals surface area contributed by atoms with E-state index < -0.39 is 22.3 Å². The van der Waals surface area contributed by atoms with E-state index in [9.17, 15) is 9.59 Å². The van der Waals surface area contributed by atoms with Gasteiger partial charge in [0.05, 0.1) is 0 Å². The third-order valence-corrected chi connectivity index (χ3v) is 9.58. The Balaban J connectivity index is 1.37. The van der Waals surface area contributed by atoms with Crippen LogP contribution >= 0.6 is 0 Å². The van der Waals surface area contributed by atoms with E-state index in [4.69, 9.17) is 9.47 Å². The van der Waals surface area contributed by atoms with E-state index in [-0.39, 0.29) is 12.2 Å². The van der Waals surface area contributed by atoms with E-state index in [1.54, 1.807) is 0 Å². The van der Waals surface area contributed by atoms with Gasteiger partial charge in [0, 0.05) is 13.1 Å². The van der Waals surface area contributed by atoms with Crippen molar-refractivity contribution in [2.24, 2.45) is 0 Å². The van der Waals surface area contributed by atoms with Crippen LogP contribution in [0.5, 0.6) is 0 Å². The summed E-state index contributed by atoms with van der Waals surface area (Å²) in [5, 5.41) is 0. The minimum atomic E-state index is -0.611. The molecule has 6 nitrogen and oxygen atoms in total. The van der Waals surface area contributed by atoms with Gasteiger partial charge in [0.15, 0.2) is 0 Å². The second-order valence-electron chi connectivity index (χ2n) is 11.0. The highest BCUT2D eigenvalue weighted by Crippen LogP contribution is 2.55. The van der Waals surface area contributed by atoms with Crippen LogP contribution in [0.25, 0.3) is 0 Å². The lowest BCUT2D eigenvalue weighted by Crippen LogP contribution is -2.58. The van der Waals surface area contributed by atoms with Crippen LogP contribution in [0.15, 0.2) is 48.5 Å². The summed E-state index contributed by atoms with van der Waals surface area (Å²) in [5.74, 6) is 0. The number of ether oxygens (including phenoxy) is 2. The number of carbonyl (C=O) groups is 2. The molecule has 0 radical (unpaired) electrons. The van der Waals surface area contributed by atoms with Crippen LogP contribution in [0.4, 0.5) is 9.59 Å². The molecule has 2 heterocycles. The van der Waals surface area contributed by atoms with Crippen LogP contribution in [0.1, 0.15) is 62.8 Å². The van der Waals surface area contributed by atoms with Gasteiger partial charge in [-0.05, 0) is 75.6 Å². The molecule has 0 spiro atoms. The molecule has 2 aromatic rings. The Kier molecular flexibility index (Phi) is 4.28. The summed E-state index contributed by atoms with van der Waals surface area (Å²) in [6.45, 7) is 9.06. The summed E-state index contributed by atoms with van der Waals surface area (Å²) in [5.41, 5.74) is 2.36. The fourth-order valence-corrected chi connectivity index (χ4v) is 7.08. The number of hydrogen-bond donors (Lipinski definition) is 0. The Morgan fingerprint density at radius 3 is 1.47 bits per heavy atom. The molecule has 2 aliphatic heterocycles. The predicted molar refractivity (Wildman–Crippen MR) is 127 cm³/mol. The van der Waals surface area contributed by atoms with Gasteiger partial charge in [-0.25, -0.2) is 9.59 Å². The predicted octanol–water partition coefficient (Wildman–Crippen LogP) is 5.13. The van der Waals surface area contributed by atoms with Crippen molar-refractivity contribution in [2.75, 3.05) is 13.1 Å². The van der Waals surface area contributed by atoms with Gasteiger partial charge in [0.2, 0.25) is 0 Å². The van der Waals surface area contributed by atoms with Crippen LogP contribution in [0.3, 0.4) is 0 Å². The standard InChI is InChI=1S/C28H32N2O4/c1-25-15-13-19-9-5-7-11-21(19)27(25,3)29(23(31)33-25)17-18-30-24(32)34-26(2)16-14-20-10-6-8-12-22(20)28(26,30)4/h5-12H,13-18H2,1-4H3/t25-,26-,27-,28+/m0/s1. The SMILES string of the molecule is C[C@@]12c3ccccc3CC[C@]1(C)OC(=O)N2CCN1C(=O)O[C@@]2(C)CCc3ccccc3[C@]12C. The second kappa shape index (κ2) is 6.77. The van der Waals surface area contributed by atoms with Crippen molar-refractivity contribution < 1.29 is 19.1 Å². The van der Waals surface area contributed by atoms with E-state index >= 15 is 0 Å². The average Bonchev–Trinajstić information content (AvgIpc) is 3.15. The molecule has 4 atom stereocenters. The number of fused-ring (bicyclic) bond motifs is 6. The molecule has 0 aromatic heterocycles. The van der Waals surface area contributed by atoms with Crippen molar-refractivity contribution in [1.29, 1.82) is 0 Å². The lowest BCUT2D eigenvalue weighted by molar-refractivity contribution is -0.0179. The number of rotatable bonds is 3. The van der Waals surface area contributed by atoms with E-state index in [1.807, 2.05) is 35.8 Å². The quantitative estimate of drug-likeness (QED) is 0.637. The van der Waals surface area contributed by atoms with Crippen molar-refractivity contribution in [3.05, 3.63) is 70.8 Å². The normalized spacial score (nSPS) is 35.8. The lowest BCUT2D eigenvalue weighted by atomic mass is 9.67. The second-order valence-corrected chi connectivity index (χ2v) is 11.0. The molecule has 6 heteroatoms. The fourth-order valence-electron chi connectivity index (χ4n) is 7.08. The number of amides is 2. The highest BCUT2D eigenvalue weighted by molar-refractivity contribution is 5.76. The third kappa shape index (κ3) is 2.46. The summed E-state index contributed by atoms with van der Waals surface area (Å²) in [6.07, 6.45) is 2.69. The first kappa shape index (κ1) is 21.5. The van der Waals surface area contributed by atoms with Gasteiger partial charge in [-0.3, -0.25) is 9.80 Å². The van der Waals surface area contributed by atoms with Crippen LogP contribution in [-0.2, 0) is 33.4 Å². The van der Waals surface area contributed by atoms with Crippen molar-refractivity contribution in [2.45, 2.75) is 75.7 Å². The fraction of sp³-hybridized carbons (Fsp3) is 0.500. The zero-order chi connectivity index (χ0) is 23.9. The first-order chi connectivity index (χ1) is 16.1. The smallest absolute Gasteiger partial charge is 0.411 e. The number of carbonyl (C=O) groups excluding carboxylic acids is 2. The van der Waals surface area contributed by atoms with Crippen LogP contribution in [0, 0.1) is 0 Å². The Hall–Kier alpha value is -3.02. The minimum Gasteiger partial charge on any atom is -0.440 e. The maximum atomic E-state index is 13.2. The largest absolute Gasteiger partial charge is 0.440 e. The third-order valence-electron chi connectivity index (χ3n) is 9.58. The molecule has 178 valence electrons. The van der Waals surface area contributed by atoms with Crippen molar-refractivity contribution in [1.82, 2.24) is 9.80 Å². The van der Waals surface area contributed by atoms with E-state index in [0.29, 0.717) is 13.1 Å². The van der Waals surface area contributed by atoms with Gasteiger partial charge in [-0.15, -0.1) is 0 Å². The monoisotopic (exact) mass is 460 g/mol. The number of aryl methyl sites for hydroxylation is 2. The van der Waals surface area contributed by atoms with Crippen molar-refractivity contribution >= 4 is 12.2 Å². The highest BCUT2D eigenvalue weighted by Gasteiger charge is 2.65. The minimum absolute atomic E-state index is 0.314. The molecule has 0 N–H and O–H groups in total. The zero-order valence-electron chi connectivity index (χ0n) is 20.4. The summed E-state index contributed by atoms with van der Waals surface area (Å²) in [4.78, 5) is 30.2. The van der Waals surface area contributed by atoms with Gasteiger partial charge < -0.3 is 9.47 Å². The first-order valence-electron chi connectivity index (χ1n) is 12.3. The van der Waals surface area contributed by atoms with E-state index in [0.717, 1.165) is 36.8 Å². The molecule has 2 amide bonds. The highest BCUT2D eigenvalue weighted by atomic mass is 16.6. The Morgan fingerprint density at radius 2 is 1.06 bits per heavy atom. The topological polar surface area (TPSA) is 59.1 Å². The summed E-state index contributed by atoms with van der Waals surface area (Å²) in [6, 6.07) is 16.7. The molecule has 0 saturated carbocycles. The van der Waals surface area contributed by atoms with Gasteiger partial charge >= 0.3 is 12.2 Å². The van der Waals surface area contributed by atoms with Crippen LogP contribution in [0.2, 0.25) is 0 Å². The number of hydrogen-bond acceptors (Lipinski definition) is 4. The lowest BCUT2D eigenvalue weighted by Gasteiger charge is -2.48. The molecular formula is C28H32N2O4. The molecule has 2 aromatic carbocycles. The first-order valence-corrected chi connectivity index (χ1v) is 12.3. The van der Waals surface area contributed by atoms with Gasteiger partial charge in [0.1, 0.15) is 22.3 Å². The zero-order valence-corrected chi connectivity index (χ0v) is 20.4. The van der Waals surface area contributed by atoms with Crippen LogP contribution in [-0.4, -0.2) is 46.3 Å². The molecule has 2 fully saturated rings. The molecule has 0 unspecified atom stereocenters. The van der Waals surface area contributed by atoms with Crippen LogP contribution < -0.4 is 0 Å². The molecule has 0 bridgehead atoms. The number of nitrogens with zero attached hydrogens (tertiary/aromatic N) is 2. The van der Waals surface area contributed by atoms with E-state index in [2.05, 4.69) is 50.2 Å². The van der Waals surface area contributed by atoms with Crippen molar-refractivity contribution in [3.8, 4) is 0 Å². The molecule has 2 aliphatic carbocycles. The van der Waals surface area contributed by atoms with Gasteiger partial charge in [-0.1, -0.05) is 48.5 Å². The number of benzene rings is 2. The maximum Gasteiger partial charge on any atom is 0.411 e. The summed E-state index contributed by atoms with van der Waals surface area (Å²) >= 11 is 0. The Bertz CT molecular complexity index is 1120. The van der Waals surface area contributed by atoms with Crippen molar-refractivity contribution in [3.63, 3.8) is 0 Å². The summed E-state index contributed by atoms with van der Waals surface area (Å²) < 4.78 is 12.1. The molecular weight excluding hydrogens is 428 g/mol. The molecule has 34 heavy (non-hydrogen) atoms. The molecule has 6 rings (SSSR count). The maximum absolute atomic E-state index is 13.2. The molecule has 2 saturated heterocycles. The Morgan fingerprint density at radius 1 is 0.676 bits per heavy atom. The van der Waals surface area contributed by atoms with Gasteiger partial charge in [0.25, 0.3) is 0 Å². The summed E-state index contributed by atoms with van der Waals surface area (Å²) in [7, 11) is 0. The Labute approximate surface area is 200 Å². The average molecular weight is 461 g/mol. The molecule has 4 aliphatic rings. The van der Waals surface area contributed by atoms with E-state index in [1.165, 1.54) is 11.1 Å². The van der Waals surface area contributed by atoms with Gasteiger partial charge in [-0.2, -0.15) is 0 Å².